The van der Waals surface area contributed by atoms with Gasteiger partial charge in [0.15, 0.2) is 0 Å². The molecule has 1 aliphatic rings. The average molecular weight is 222 g/mol. The van der Waals surface area contributed by atoms with Crippen LogP contribution in [-0.2, 0) is 11.3 Å². The predicted octanol–water partition coefficient (Wildman–Crippen LogP) is 0.188. The van der Waals surface area contributed by atoms with E-state index < -0.39 is 0 Å². The predicted molar refractivity (Wildman–Crippen MR) is 60.7 cm³/mol. The molecule has 1 aromatic rings. The summed E-state index contributed by atoms with van der Waals surface area (Å²) in [5, 5.41) is 7.44. The van der Waals surface area contributed by atoms with Crippen molar-refractivity contribution in [1.82, 2.24) is 15.1 Å². The monoisotopic (exact) mass is 222 g/mol. The van der Waals surface area contributed by atoms with Crippen LogP contribution in [0.1, 0.15) is 25.0 Å². The lowest BCUT2D eigenvalue weighted by molar-refractivity contribution is -0.120. The van der Waals surface area contributed by atoms with Gasteiger partial charge >= 0.3 is 0 Å². The molecule has 1 heterocycles. The summed E-state index contributed by atoms with van der Waals surface area (Å²) in [7, 11) is 0. The van der Waals surface area contributed by atoms with Crippen molar-refractivity contribution < 1.29 is 4.79 Å². The van der Waals surface area contributed by atoms with E-state index in [4.69, 9.17) is 5.73 Å². The minimum atomic E-state index is -0.267. The van der Waals surface area contributed by atoms with Crippen molar-refractivity contribution in [3.8, 4) is 0 Å². The van der Waals surface area contributed by atoms with E-state index in [-0.39, 0.29) is 11.9 Å². The summed E-state index contributed by atoms with van der Waals surface area (Å²) in [6.07, 6.45) is 4.78. The zero-order valence-corrected chi connectivity index (χ0v) is 9.52. The normalized spacial score (nSPS) is 17.3. The van der Waals surface area contributed by atoms with Crippen molar-refractivity contribution in [2.75, 3.05) is 0 Å². The summed E-state index contributed by atoms with van der Waals surface area (Å²) in [6, 6.07) is 2.22. The molecule has 1 aliphatic carbocycles. The van der Waals surface area contributed by atoms with Crippen molar-refractivity contribution >= 4 is 5.91 Å². The third kappa shape index (κ3) is 2.82. The van der Waals surface area contributed by atoms with E-state index in [1.807, 2.05) is 17.7 Å². The molecule has 2 rings (SSSR count). The second-order valence-corrected chi connectivity index (χ2v) is 4.38. The number of nitrogens with one attached hydrogen (secondary N) is 1. The summed E-state index contributed by atoms with van der Waals surface area (Å²) in [6.45, 7) is 2.73. The molecule has 1 unspecified atom stereocenters. The van der Waals surface area contributed by atoms with Crippen LogP contribution in [0.4, 0.5) is 0 Å². The summed E-state index contributed by atoms with van der Waals surface area (Å²) >= 11 is 0. The van der Waals surface area contributed by atoms with Crippen LogP contribution in [0.15, 0.2) is 12.3 Å². The second kappa shape index (κ2) is 4.65. The van der Waals surface area contributed by atoms with E-state index in [0.717, 1.165) is 25.1 Å². The molecule has 3 N–H and O–H groups in total. The minimum absolute atomic E-state index is 0.226. The van der Waals surface area contributed by atoms with Gasteiger partial charge in [0.2, 0.25) is 5.91 Å². The zero-order valence-electron chi connectivity index (χ0n) is 9.52. The van der Waals surface area contributed by atoms with Crippen LogP contribution in [0.25, 0.3) is 0 Å². The van der Waals surface area contributed by atoms with Gasteiger partial charge < -0.3 is 11.1 Å². The zero-order chi connectivity index (χ0) is 11.5. The van der Waals surface area contributed by atoms with E-state index in [1.165, 1.54) is 0 Å². The first-order chi connectivity index (χ1) is 7.66. The molecule has 1 amide bonds. The van der Waals surface area contributed by atoms with Crippen molar-refractivity contribution in [3.05, 3.63) is 18.0 Å². The first-order valence-corrected chi connectivity index (χ1v) is 5.70. The third-order valence-corrected chi connectivity index (χ3v) is 2.92. The van der Waals surface area contributed by atoms with Gasteiger partial charge in [-0.2, -0.15) is 5.10 Å². The number of rotatable bonds is 6. The molecule has 1 fully saturated rings. The van der Waals surface area contributed by atoms with Crippen LogP contribution in [0.5, 0.6) is 0 Å². The molecule has 0 bridgehead atoms. The molecule has 1 aromatic heterocycles. The molecule has 0 saturated heterocycles. The third-order valence-electron chi connectivity index (χ3n) is 2.92. The van der Waals surface area contributed by atoms with Crippen LogP contribution >= 0.6 is 0 Å². The number of carbonyl (C=O) groups is 1. The Balaban J connectivity index is 1.85. The Kier molecular flexibility index (Phi) is 3.24. The Morgan fingerprint density at radius 3 is 3.00 bits per heavy atom. The summed E-state index contributed by atoms with van der Waals surface area (Å²) in [5.41, 5.74) is 6.47. The highest BCUT2D eigenvalue weighted by atomic mass is 16.1. The SMILES string of the molecule is Cc1ccnn1CCC(NC1CC1)C(N)=O. The first-order valence-electron chi connectivity index (χ1n) is 5.70. The topological polar surface area (TPSA) is 72.9 Å². The minimum Gasteiger partial charge on any atom is -0.368 e. The lowest BCUT2D eigenvalue weighted by Gasteiger charge is -2.15. The summed E-state index contributed by atoms with van der Waals surface area (Å²) in [4.78, 5) is 11.2. The fourth-order valence-electron chi connectivity index (χ4n) is 1.73. The first kappa shape index (κ1) is 11.1. The number of amides is 1. The van der Waals surface area contributed by atoms with Crippen LogP contribution < -0.4 is 11.1 Å². The molecule has 0 radical (unpaired) electrons. The maximum atomic E-state index is 11.2. The summed E-state index contributed by atoms with van der Waals surface area (Å²) in [5.74, 6) is -0.267. The number of aryl methyl sites for hydroxylation is 2. The largest absolute Gasteiger partial charge is 0.368 e. The molecule has 0 spiro atoms. The highest BCUT2D eigenvalue weighted by Crippen LogP contribution is 2.20. The Labute approximate surface area is 95.0 Å². The van der Waals surface area contributed by atoms with Crippen LogP contribution in [0, 0.1) is 6.92 Å². The molecular formula is C11H18N4O. The Morgan fingerprint density at radius 1 is 1.75 bits per heavy atom. The quantitative estimate of drug-likeness (QED) is 0.721. The van der Waals surface area contributed by atoms with Gasteiger partial charge in [-0.05, 0) is 32.3 Å². The Bertz CT molecular complexity index is 370. The fourth-order valence-corrected chi connectivity index (χ4v) is 1.73. The van der Waals surface area contributed by atoms with Gasteiger partial charge in [-0.1, -0.05) is 0 Å². The molecule has 5 nitrogen and oxygen atoms in total. The van der Waals surface area contributed by atoms with Gasteiger partial charge in [-0.15, -0.1) is 0 Å². The van der Waals surface area contributed by atoms with E-state index in [2.05, 4.69) is 10.4 Å². The van der Waals surface area contributed by atoms with Crippen LogP contribution in [0.2, 0.25) is 0 Å². The van der Waals surface area contributed by atoms with Crippen molar-refractivity contribution in [2.45, 2.75) is 44.8 Å². The van der Waals surface area contributed by atoms with Gasteiger partial charge in [0.1, 0.15) is 0 Å². The standard InChI is InChI=1S/C11H18N4O/c1-8-4-6-13-15(8)7-5-10(11(12)16)14-9-2-3-9/h4,6,9-10,14H,2-3,5,7H2,1H3,(H2,12,16). The average Bonchev–Trinajstić information content (AvgIpc) is 2.96. The number of hydrogen-bond acceptors (Lipinski definition) is 3. The maximum absolute atomic E-state index is 11.2. The van der Waals surface area contributed by atoms with Gasteiger partial charge in [-0.3, -0.25) is 9.48 Å². The van der Waals surface area contributed by atoms with Gasteiger partial charge in [0, 0.05) is 24.5 Å². The van der Waals surface area contributed by atoms with Gasteiger partial charge in [0.25, 0.3) is 0 Å². The Hall–Kier alpha value is -1.36. The number of nitrogens with two attached hydrogens (primary N) is 1. The fraction of sp³-hybridized carbons (Fsp3) is 0.636. The molecule has 88 valence electrons. The second-order valence-electron chi connectivity index (χ2n) is 4.38. The van der Waals surface area contributed by atoms with Gasteiger partial charge in [-0.25, -0.2) is 0 Å². The maximum Gasteiger partial charge on any atom is 0.234 e. The lowest BCUT2D eigenvalue weighted by atomic mass is 10.2. The Morgan fingerprint density at radius 2 is 2.50 bits per heavy atom. The number of carbonyl (C=O) groups excluding carboxylic acids is 1. The van der Waals surface area contributed by atoms with E-state index in [0.29, 0.717) is 12.5 Å². The molecule has 1 saturated carbocycles. The summed E-state index contributed by atoms with van der Waals surface area (Å²) < 4.78 is 1.89. The van der Waals surface area contributed by atoms with E-state index in [9.17, 15) is 4.79 Å². The number of hydrogen-bond donors (Lipinski definition) is 2. The number of primary amides is 1. The van der Waals surface area contributed by atoms with E-state index >= 15 is 0 Å². The molecule has 1 atom stereocenters. The van der Waals surface area contributed by atoms with Crippen molar-refractivity contribution in [2.24, 2.45) is 5.73 Å². The molecular weight excluding hydrogens is 204 g/mol. The number of aromatic nitrogens is 2. The van der Waals surface area contributed by atoms with Crippen molar-refractivity contribution in [3.63, 3.8) is 0 Å². The van der Waals surface area contributed by atoms with Crippen LogP contribution in [0.3, 0.4) is 0 Å². The molecule has 0 aromatic carbocycles. The highest BCUT2D eigenvalue weighted by Gasteiger charge is 2.26. The molecule has 16 heavy (non-hydrogen) atoms. The van der Waals surface area contributed by atoms with Crippen LogP contribution in [-0.4, -0.2) is 27.8 Å². The van der Waals surface area contributed by atoms with E-state index in [1.54, 1.807) is 6.20 Å². The molecule has 5 heteroatoms. The number of nitrogens with zero attached hydrogens (tertiary/aromatic N) is 2. The van der Waals surface area contributed by atoms with Gasteiger partial charge in [0.05, 0.1) is 6.04 Å². The smallest absolute Gasteiger partial charge is 0.234 e. The highest BCUT2D eigenvalue weighted by molar-refractivity contribution is 5.79. The van der Waals surface area contributed by atoms with Crippen molar-refractivity contribution in [1.29, 1.82) is 0 Å². The molecule has 0 aliphatic heterocycles. The lowest BCUT2D eigenvalue weighted by Crippen LogP contribution is -2.43.